The first-order chi connectivity index (χ1) is 6.17. The molecule has 0 amide bonds. The molecule has 0 aliphatic carbocycles. The van der Waals surface area contributed by atoms with Crippen molar-refractivity contribution in [3.63, 3.8) is 0 Å². The average molecular weight is 186 g/mol. The Morgan fingerprint density at radius 2 is 1.69 bits per heavy atom. The van der Waals surface area contributed by atoms with Crippen molar-refractivity contribution < 1.29 is 19.1 Å². The van der Waals surface area contributed by atoms with Crippen molar-refractivity contribution in [3.05, 3.63) is 12.2 Å². The lowest BCUT2D eigenvalue weighted by atomic mass is 10.1. The van der Waals surface area contributed by atoms with E-state index in [9.17, 15) is 9.59 Å². The van der Waals surface area contributed by atoms with E-state index in [0.717, 1.165) is 6.42 Å². The molecule has 0 aromatic rings. The van der Waals surface area contributed by atoms with Gasteiger partial charge >= 0.3 is 11.9 Å². The van der Waals surface area contributed by atoms with Crippen LogP contribution in [-0.4, -0.2) is 26.2 Å². The van der Waals surface area contributed by atoms with E-state index in [1.807, 2.05) is 6.92 Å². The van der Waals surface area contributed by atoms with Gasteiger partial charge in [-0.05, 0) is 6.42 Å². The molecule has 0 atom stereocenters. The highest BCUT2D eigenvalue weighted by atomic mass is 16.5. The van der Waals surface area contributed by atoms with Crippen molar-refractivity contribution in [2.75, 3.05) is 14.2 Å². The van der Waals surface area contributed by atoms with Gasteiger partial charge in [-0.3, -0.25) is 9.59 Å². The van der Waals surface area contributed by atoms with Crippen molar-refractivity contribution in [2.45, 2.75) is 13.3 Å². The quantitative estimate of drug-likeness (QED) is 0.372. The van der Waals surface area contributed by atoms with Crippen LogP contribution in [-0.2, 0) is 19.1 Å². The minimum atomic E-state index is -0.935. The summed E-state index contributed by atoms with van der Waals surface area (Å²) in [6, 6.07) is 0. The van der Waals surface area contributed by atoms with Crippen LogP contribution in [0.3, 0.4) is 0 Å². The van der Waals surface area contributed by atoms with E-state index in [0.29, 0.717) is 0 Å². The molecule has 0 rings (SSSR count). The summed E-state index contributed by atoms with van der Waals surface area (Å²) in [6.07, 6.45) is 3.96. The van der Waals surface area contributed by atoms with Crippen LogP contribution >= 0.6 is 0 Å². The number of carbonyl (C=O) groups excluding carboxylic acids is 2. The second-order valence-electron chi connectivity index (χ2n) is 2.36. The zero-order valence-electron chi connectivity index (χ0n) is 8.07. The highest BCUT2D eigenvalue weighted by Crippen LogP contribution is 2.04. The largest absolute Gasteiger partial charge is 0.468 e. The lowest BCUT2D eigenvalue weighted by molar-refractivity contribution is -0.156. The monoisotopic (exact) mass is 186 g/mol. The van der Waals surface area contributed by atoms with E-state index in [1.165, 1.54) is 20.3 Å². The topological polar surface area (TPSA) is 52.6 Å². The fourth-order valence-corrected chi connectivity index (χ4v) is 0.779. The van der Waals surface area contributed by atoms with Crippen molar-refractivity contribution >= 4 is 11.9 Å². The zero-order valence-corrected chi connectivity index (χ0v) is 8.07. The molecule has 4 nitrogen and oxygen atoms in total. The van der Waals surface area contributed by atoms with E-state index in [4.69, 9.17) is 0 Å². The van der Waals surface area contributed by atoms with Gasteiger partial charge in [-0.2, -0.15) is 0 Å². The van der Waals surface area contributed by atoms with E-state index in [1.54, 1.807) is 6.08 Å². The molecule has 0 spiro atoms. The smallest absolute Gasteiger partial charge is 0.323 e. The number of ether oxygens (including phenoxy) is 2. The number of rotatable bonds is 4. The van der Waals surface area contributed by atoms with Crippen LogP contribution in [0.15, 0.2) is 12.2 Å². The Labute approximate surface area is 77.5 Å². The van der Waals surface area contributed by atoms with Gasteiger partial charge in [0.15, 0.2) is 5.92 Å². The predicted octanol–water partition coefficient (Wildman–Crippen LogP) is 0.915. The Morgan fingerprint density at radius 1 is 1.23 bits per heavy atom. The van der Waals surface area contributed by atoms with Crippen molar-refractivity contribution in [1.82, 2.24) is 0 Å². The first-order valence-corrected chi connectivity index (χ1v) is 3.99. The Morgan fingerprint density at radius 3 is 2.00 bits per heavy atom. The first kappa shape index (κ1) is 11.7. The highest BCUT2D eigenvalue weighted by Gasteiger charge is 2.25. The number of hydrogen-bond donors (Lipinski definition) is 0. The van der Waals surface area contributed by atoms with Crippen molar-refractivity contribution in [3.8, 4) is 0 Å². The lowest BCUT2D eigenvalue weighted by Crippen LogP contribution is -2.24. The summed E-state index contributed by atoms with van der Waals surface area (Å²) < 4.78 is 8.88. The third kappa shape index (κ3) is 3.73. The second-order valence-corrected chi connectivity index (χ2v) is 2.36. The number of allylic oxidation sites excluding steroid dienone is 1. The Kier molecular flexibility index (Phi) is 5.59. The summed E-state index contributed by atoms with van der Waals surface area (Å²) in [6.45, 7) is 1.90. The second kappa shape index (κ2) is 6.22. The third-order valence-electron chi connectivity index (χ3n) is 1.47. The zero-order chi connectivity index (χ0) is 10.3. The summed E-state index contributed by atoms with van der Waals surface area (Å²) in [5.74, 6) is -2.14. The molecule has 0 fully saturated rings. The van der Waals surface area contributed by atoms with Gasteiger partial charge in [0.1, 0.15) is 0 Å². The predicted molar refractivity (Wildman–Crippen MR) is 47.0 cm³/mol. The van der Waals surface area contributed by atoms with E-state index in [2.05, 4.69) is 9.47 Å². The van der Waals surface area contributed by atoms with Crippen LogP contribution in [0.2, 0.25) is 0 Å². The molecular weight excluding hydrogens is 172 g/mol. The van der Waals surface area contributed by atoms with Crippen molar-refractivity contribution in [2.24, 2.45) is 5.92 Å². The van der Waals surface area contributed by atoms with Gasteiger partial charge < -0.3 is 9.47 Å². The summed E-state index contributed by atoms with van der Waals surface area (Å²) in [4.78, 5) is 22.1. The number of esters is 2. The number of methoxy groups -OCH3 is 2. The van der Waals surface area contributed by atoms with Gasteiger partial charge in [0.05, 0.1) is 14.2 Å². The lowest BCUT2D eigenvalue weighted by Gasteiger charge is -2.07. The molecule has 0 unspecified atom stereocenters. The first-order valence-electron chi connectivity index (χ1n) is 3.99. The molecule has 0 bridgehead atoms. The minimum absolute atomic E-state index is 0.600. The molecular formula is C9H14O4. The van der Waals surface area contributed by atoms with Crippen molar-refractivity contribution in [1.29, 1.82) is 0 Å². The average Bonchev–Trinajstić information content (AvgIpc) is 2.17. The Hall–Kier alpha value is -1.32. The van der Waals surface area contributed by atoms with Gasteiger partial charge in [-0.15, -0.1) is 0 Å². The molecule has 0 N–H and O–H groups in total. The molecule has 74 valence electrons. The van der Waals surface area contributed by atoms with E-state index < -0.39 is 17.9 Å². The SMILES string of the molecule is CCC=CC(C(=O)OC)C(=O)OC. The summed E-state index contributed by atoms with van der Waals surface area (Å²) in [5.41, 5.74) is 0. The molecule has 0 aromatic heterocycles. The van der Waals surface area contributed by atoms with Crippen LogP contribution in [0.5, 0.6) is 0 Å². The molecule has 4 heteroatoms. The van der Waals surface area contributed by atoms with Gasteiger partial charge in [-0.1, -0.05) is 19.1 Å². The molecule has 0 aliphatic rings. The molecule has 0 heterocycles. The maximum atomic E-state index is 11.0. The third-order valence-corrected chi connectivity index (χ3v) is 1.47. The van der Waals surface area contributed by atoms with Crippen LogP contribution in [0.4, 0.5) is 0 Å². The molecule has 0 saturated carbocycles. The van der Waals surface area contributed by atoms with Gasteiger partial charge in [0.2, 0.25) is 0 Å². The number of hydrogen-bond acceptors (Lipinski definition) is 4. The molecule has 0 saturated heterocycles. The number of carbonyl (C=O) groups is 2. The van der Waals surface area contributed by atoms with Crippen LogP contribution in [0.1, 0.15) is 13.3 Å². The fraction of sp³-hybridized carbons (Fsp3) is 0.556. The minimum Gasteiger partial charge on any atom is -0.468 e. The summed E-state index contributed by atoms with van der Waals surface area (Å²) >= 11 is 0. The standard InChI is InChI=1S/C9H14O4/c1-4-5-6-7(8(10)12-2)9(11)13-3/h5-7H,4H2,1-3H3. The Balaban J connectivity index is 4.45. The van der Waals surface area contributed by atoms with Crippen LogP contribution in [0, 0.1) is 5.92 Å². The fourth-order valence-electron chi connectivity index (χ4n) is 0.779. The Bertz CT molecular complexity index is 192. The van der Waals surface area contributed by atoms with E-state index in [-0.39, 0.29) is 0 Å². The van der Waals surface area contributed by atoms with Gasteiger partial charge in [0.25, 0.3) is 0 Å². The molecule has 13 heavy (non-hydrogen) atoms. The van der Waals surface area contributed by atoms with E-state index >= 15 is 0 Å². The maximum absolute atomic E-state index is 11.0. The molecule has 0 aliphatic heterocycles. The van der Waals surface area contributed by atoms with Gasteiger partial charge in [-0.25, -0.2) is 0 Å². The summed E-state index contributed by atoms with van der Waals surface area (Å²) in [5, 5.41) is 0. The normalized spacial score (nSPS) is 10.5. The molecule has 0 radical (unpaired) electrons. The molecule has 0 aromatic carbocycles. The van der Waals surface area contributed by atoms with Gasteiger partial charge in [0, 0.05) is 0 Å². The van der Waals surface area contributed by atoms with Crippen LogP contribution in [0.25, 0.3) is 0 Å². The summed E-state index contributed by atoms with van der Waals surface area (Å²) in [7, 11) is 2.47. The highest BCUT2D eigenvalue weighted by molar-refractivity contribution is 5.96. The maximum Gasteiger partial charge on any atom is 0.323 e. The van der Waals surface area contributed by atoms with Crippen LogP contribution < -0.4 is 0 Å².